The van der Waals surface area contributed by atoms with Gasteiger partial charge in [0.2, 0.25) is 5.91 Å². The number of amides is 1. The van der Waals surface area contributed by atoms with Crippen molar-refractivity contribution in [3.63, 3.8) is 0 Å². The molecular formula is C18H21F2N3O2. The van der Waals surface area contributed by atoms with Gasteiger partial charge in [-0.05, 0) is 31.2 Å². The molecule has 1 heterocycles. The fourth-order valence-electron chi connectivity index (χ4n) is 3.19. The number of rotatable bonds is 7. The third-order valence-electron chi connectivity index (χ3n) is 4.61. The van der Waals surface area contributed by atoms with E-state index in [-0.39, 0.29) is 17.4 Å². The van der Waals surface area contributed by atoms with Gasteiger partial charge in [-0.3, -0.25) is 4.79 Å². The Kier molecular flexibility index (Phi) is 5.43. The number of hydrogen-bond acceptors (Lipinski definition) is 3. The zero-order valence-corrected chi connectivity index (χ0v) is 13.7. The van der Waals surface area contributed by atoms with Crippen molar-refractivity contribution in [3.8, 4) is 0 Å². The van der Waals surface area contributed by atoms with Crippen LogP contribution in [-0.2, 0) is 11.3 Å². The standard InChI is InChI=1S/C18H21F2N3O2/c19-13-3-4-15(16(20)10-13)18(12-8-14(24)9-12)22-17(25)2-1-6-23-7-5-21-11-23/h3-5,7,10-12,14,18,24H,1-2,6,8-9H2,(H,22,25)/t12?,14?,18-/m0/s1. The largest absolute Gasteiger partial charge is 0.393 e. The van der Waals surface area contributed by atoms with Gasteiger partial charge in [-0.25, -0.2) is 13.8 Å². The first-order valence-electron chi connectivity index (χ1n) is 8.41. The number of aryl methyl sites for hydroxylation is 1. The van der Waals surface area contributed by atoms with E-state index in [0.717, 1.165) is 6.07 Å². The normalized spacial score (nSPS) is 20.8. The van der Waals surface area contributed by atoms with Gasteiger partial charge in [0.05, 0.1) is 18.5 Å². The van der Waals surface area contributed by atoms with Gasteiger partial charge in [0.25, 0.3) is 0 Å². The zero-order chi connectivity index (χ0) is 17.8. The number of nitrogens with one attached hydrogen (secondary N) is 1. The van der Waals surface area contributed by atoms with Gasteiger partial charge in [-0.15, -0.1) is 0 Å². The van der Waals surface area contributed by atoms with E-state index in [4.69, 9.17) is 0 Å². The molecule has 1 atom stereocenters. The average Bonchev–Trinajstić information content (AvgIpc) is 3.04. The number of imidazole rings is 1. The molecule has 1 aromatic heterocycles. The van der Waals surface area contributed by atoms with E-state index in [9.17, 15) is 18.7 Å². The zero-order valence-electron chi connectivity index (χ0n) is 13.7. The molecule has 2 N–H and O–H groups in total. The van der Waals surface area contributed by atoms with Crippen LogP contribution in [0.3, 0.4) is 0 Å². The molecular weight excluding hydrogens is 328 g/mol. The number of hydrogen-bond donors (Lipinski definition) is 2. The highest BCUT2D eigenvalue weighted by Gasteiger charge is 2.36. The van der Waals surface area contributed by atoms with Gasteiger partial charge in [-0.2, -0.15) is 0 Å². The van der Waals surface area contributed by atoms with Crippen molar-refractivity contribution in [2.75, 3.05) is 0 Å². The molecule has 0 radical (unpaired) electrons. The van der Waals surface area contributed by atoms with Crippen LogP contribution in [0.2, 0.25) is 0 Å². The van der Waals surface area contributed by atoms with Crippen LogP contribution in [0.1, 0.15) is 37.3 Å². The quantitative estimate of drug-likeness (QED) is 0.807. The predicted octanol–water partition coefficient (Wildman–Crippen LogP) is 2.57. The summed E-state index contributed by atoms with van der Waals surface area (Å²) in [5, 5.41) is 12.4. The number of nitrogens with zero attached hydrogens (tertiary/aromatic N) is 2. The third kappa shape index (κ3) is 4.42. The first-order valence-corrected chi connectivity index (χ1v) is 8.41. The molecule has 3 rings (SSSR count). The van der Waals surface area contributed by atoms with Gasteiger partial charge in [0.15, 0.2) is 0 Å². The fourth-order valence-corrected chi connectivity index (χ4v) is 3.19. The van der Waals surface area contributed by atoms with E-state index in [1.54, 1.807) is 12.5 Å². The van der Waals surface area contributed by atoms with E-state index in [1.165, 1.54) is 12.1 Å². The Labute approximate surface area is 144 Å². The minimum Gasteiger partial charge on any atom is -0.393 e. The highest BCUT2D eigenvalue weighted by atomic mass is 19.1. The summed E-state index contributed by atoms with van der Waals surface area (Å²) in [5.41, 5.74) is 0.265. The van der Waals surface area contributed by atoms with Gasteiger partial charge >= 0.3 is 0 Å². The Hall–Kier alpha value is -2.28. The van der Waals surface area contributed by atoms with Crippen molar-refractivity contribution in [2.24, 2.45) is 5.92 Å². The molecule has 0 saturated heterocycles. The van der Waals surface area contributed by atoms with Crippen molar-refractivity contribution in [3.05, 3.63) is 54.1 Å². The molecule has 1 aliphatic carbocycles. The molecule has 7 heteroatoms. The molecule has 1 aliphatic rings. The topological polar surface area (TPSA) is 67.2 Å². The Morgan fingerprint density at radius 3 is 2.84 bits per heavy atom. The number of halogens is 2. The summed E-state index contributed by atoms with van der Waals surface area (Å²) in [4.78, 5) is 16.2. The maximum Gasteiger partial charge on any atom is 0.220 e. The molecule has 134 valence electrons. The van der Waals surface area contributed by atoms with Crippen LogP contribution in [0.4, 0.5) is 8.78 Å². The van der Waals surface area contributed by atoms with Crippen molar-refractivity contribution in [2.45, 2.75) is 44.4 Å². The third-order valence-corrected chi connectivity index (χ3v) is 4.61. The molecule has 1 aromatic carbocycles. The van der Waals surface area contributed by atoms with Gasteiger partial charge in [0, 0.05) is 37.0 Å². The summed E-state index contributed by atoms with van der Waals surface area (Å²) in [6.45, 7) is 0.672. The lowest BCUT2D eigenvalue weighted by atomic mass is 9.75. The number of aromatic nitrogens is 2. The first-order chi connectivity index (χ1) is 12.0. The molecule has 0 aliphatic heterocycles. The molecule has 0 spiro atoms. The van der Waals surface area contributed by atoms with E-state index in [1.807, 2.05) is 10.8 Å². The highest BCUT2D eigenvalue weighted by Crippen LogP contribution is 2.39. The van der Waals surface area contributed by atoms with Crippen LogP contribution in [0.15, 0.2) is 36.9 Å². The minimum absolute atomic E-state index is 0.0486. The van der Waals surface area contributed by atoms with Crippen LogP contribution in [0, 0.1) is 17.6 Å². The summed E-state index contributed by atoms with van der Waals surface area (Å²) in [5.74, 6) is -1.56. The Morgan fingerprint density at radius 1 is 1.40 bits per heavy atom. The van der Waals surface area contributed by atoms with Crippen LogP contribution in [-0.4, -0.2) is 26.7 Å². The number of benzene rings is 1. The molecule has 2 aromatic rings. The number of carbonyl (C=O) groups is 1. The lowest BCUT2D eigenvalue weighted by molar-refractivity contribution is -0.123. The lowest BCUT2D eigenvalue weighted by Crippen LogP contribution is -2.41. The molecule has 25 heavy (non-hydrogen) atoms. The maximum absolute atomic E-state index is 14.1. The summed E-state index contributed by atoms with van der Waals surface area (Å²) in [7, 11) is 0. The second kappa shape index (κ2) is 7.74. The molecule has 1 fully saturated rings. The summed E-state index contributed by atoms with van der Waals surface area (Å²) < 4.78 is 29.2. The molecule has 1 saturated carbocycles. The van der Waals surface area contributed by atoms with E-state index in [0.29, 0.717) is 32.2 Å². The Morgan fingerprint density at radius 2 is 2.20 bits per heavy atom. The first kappa shape index (κ1) is 17.5. The van der Waals surface area contributed by atoms with Crippen molar-refractivity contribution in [1.29, 1.82) is 0 Å². The second-order valence-corrected chi connectivity index (χ2v) is 6.50. The Balaban J connectivity index is 1.62. The fraction of sp³-hybridized carbons (Fsp3) is 0.444. The summed E-state index contributed by atoms with van der Waals surface area (Å²) in [6, 6.07) is 2.82. The van der Waals surface area contributed by atoms with Crippen LogP contribution >= 0.6 is 0 Å². The average molecular weight is 349 g/mol. The van der Waals surface area contributed by atoms with Crippen molar-refractivity contribution >= 4 is 5.91 Å². The van der Waals surface area contributed by atoms with Crippen molar-refractivity contribution in [1.82, 2.24) is 14.9 Å². The van der Waals surface area contributed by atoms with Gasteiger partial charge in [-0.1, -0.05) is 6.07 Å². The van der Waals surface area contributed by atoms with Gasteiger partial charge < -0.3 is 15.0 Å². The Bertz CT molecular complexity index is 715. The van der Waals surface area contributed by atoms with E-state index in [2.05, 4.69) is 10.3 Å². The lowest BCUT2D eigenvalue weighted by Gasteiger charge is -2.38. The second-order valence-electron chi connectivity index (χ2n) is 6.50. The minimum atomic E-state index is -0.676. The van der Waals surface area contributed by atoms with Crippen LogP contribution in [0.5, 0.6) is 0 Å². The van der Waals surface area contributed by atoms with E-state index < -0.39 is 23.8 Å². The van der Waals surface area contributed by atoms with Gasteiger partial charge in [0.1, 0.15) is 11.6 Å². The monoisotopic (exact) mass is 349 g/mol. The number of aliphatic hydroxyl groups excluding tert-OH is 1. The number of aliphatic hydroxyl groups is 1. The molecule has 0 unspecified atom stereocenters. The predicted molar refractivity (Wildman–Crippen MR) is 87.4 cm³/mol. The van der Waals surface area contributed by atoms with Crippen LogP contribution in [0.25, 0.3) is 0 Å². The summed E-state index contributed by atoms with van der Waals surface area (Å²) in [6.07, 6.45) is 6.69. The van der Waals surface area contributed by atoms with E-state index >= 15 is 0 Å². The van der Waals surface area contributed by atoms with Crippen molar-refractivity contribution < 1.29 is 18.7 Å². The maximum atomic E-state index is 14.1. The highest BCUT2D eigenvalue weighted by molar-refractivity contribution is 5.76. The summed E-state index contributed by atoms with van der Waals surface area (Å²) >= 11 is 0. The molecule has 5 nitrogen and oxygen atoms in total. The number of carbonyl (C=O) groups excluding carboxylic acids is 1. The SMILES string of the molecule is O=C(CCCn1ccnc1)N[C@H](c1ccc(F)cc1F)C1CC(O)C1. The smallest absolute Gasteiger partial charge is 0.220 e. The molecule has 1 amide bonds. The van der Waals surface area contributed by atoms with Crippen LogP contribution < -0.4 is 5.32 Å². The molecule has 0 bridgehead atoms.